The maximum absolute atomic E-state index is 15.1. The van der Waals surface area contributed by atoms with E-state index in [0.29, 0.717) is 81.2 Å². The fourth-order valence-electron chi connectivity index (χ4n) is 11.2. The predicted molar refractivity (Wildman–Crippen MR) is 277 cm³/mol. The zero-order chi connectivity index (χ0) is 53.1. The van der Waals surface area contributed by atoms with Crippen LogP contribution in [-0.2, 0) is 51.8 Å². The van der Waals surface area contributed by atoms with E-state index >= 15 is 13.6 Å². The van der Waals surface area contributed by atoms with Crippen LogP contribution in [0.4, 0.5) is 30.2 Å². The molecule has 0 bridgehead atoms. The first-order valence-corrected chi connectivity index (χ1v) is 26.0. The molecule has 4 aromatic rings. The smallest absolute Gasteiger partial charge is 0.252 e. The number of rotatable bonds is 15. The first kappa shape index (κ1) is 53.6. The standard InChI is InChI=1S/C56H68F3N9O7/c1-33-27-66(42(26-61-33)29-65-19-22-75-31-34(65)2)30-48(69)68-32-56(4,44-16-11-37(24-47(44)68)23-36-9-13-40(57)14-10-36)55(73)62-41-15-12-39-28-67(51(43(39)25-41)53(71)64-50-45(58)7-6-8-46(50)59)54(72)49(38-17-20-74-21-18-38)63-52(70)35(3)60-5/h6-16,24-25,33-35,38,42,49,51,60-61H,17-23,26-32H2,1-5H3,(H,62,73)(H,63,70)(H,64,71)/t33-,34-,35?,42-,49?,51+,56-/m1/s1. The number of hydrogen-bond donors (Lipinski definition) is 5. The van der Waals surface area contributed by atoms with Gasteiger partial charge in [-0.3, -0.25) is 33.8 Å². The van der Waals surface area contributed by atoms with Crippen LogP contribution in [0.1, 0.15) is 74.4 Å². The number of anilines is 3. The Hall–Kier alpha value is -6.22. The van der Waals surface area contributed by atoms with Crippen LogP contribution in [0.5, 0.6) is 0 Å². The number of morpholine rings is 1. The average molecular weight is 1040 g/mol. The molecule has 3 saturated heterocycles. The fraction of sp³-hybridized carbons (Fsp3) is 0.482. The van der Waals surface area contributed by atoms with E-state index in [4.69, 9.17) is 9.47 Å². The summed E-state index contributed by atoms with van der Waals surface area (Å²) in [6, 6.07) is 17.4. The van der Waals surface area contributed by atoms with Crippen molar-refractivity contribution in [3.05, 3.63) is 124 Å². The van der Waals surface area contributed by atoms with Gasteiger partial charge in [0.1, 0.15) is 35.2 Å². The van der Waals surface area contributed by atoms with Crippen LogP contribution in [0.15, 0.2) is 78.9 Å². The molecule has 0 aromatic heterocycles. The largest absolute Gasteiger partial charge is 0.381 e. The molecule has 0 aliphatic carbocycles. The van der Waals surface area contributed by atoms with Gasteiger partial charge in [-0.1, -0.05) is 36.4 Å². The molecule has 5 N–H and O–H groups in total. The van der Waals surface area contributed by atoms with Crippen molar-refractivity contribution in [2.75, 3.05) is 88.3 Å². The van der Waals surface area contributed by atoms with E-state index < -0.39 is 64.5 Å². The zero-order valence-corrected chi connectivity index (χ0v) is 43.2. The lowest BCUT2D eigenvalue weighted by Gasteiger charge is -2.43. The summed E-state index contributed by atoms with van der Waals surface area (Å²) in [4.78, 5) is 80.5. The van der Waals surface area contributed by atoms with E-state index in [1.54, 1.807) is 56.1 Å². The van der Waals surface area contributed by atoms with Gasteiger partial charge in [0.2, 0.25) is 23.6 Å². The van der Waals surface area contributed by atoms with E-state index in [2.05, 4.69) is 50.2 Å². The third kappa shape index (κ3) is 11.6. The average Bonchev–Trinajstić information content (AvgIpc) is 3.95. The van der Waals surface area contributed by atoms with Gasteiger partial charge in [-0.25, -0.2) is 13.2 Å². The lowest BCUT2D eigenvalue weighted by Crippen LogP contribution is -2.62. The van der Waals surface area contributed by atoms with E-state index in [1.165, 1.54) is 23.1 Å². The van der Waals surface area contributed by atoms with E-state index in [9.17, 15) is 23.6 Å². The van der Waals surface area contributed by atoms with Crippen molar-refractivity contribution in [1.82, 2.24) is 30.7 Å². The van der Waals surface area contributed by atoms with Gasteiger partial charge in [0.15, 0.2) is 0 Å². The molecule has 0 saturated carbocycles. The molecule has 5 amide bonds. The minimum atomic E-state index is -1.44. The Balaban J connectivity index is 1.02. The summed E-state index contributed by atoms with van der Waals surface area (Å²) >= 11 is 0. The van der Waals surface area contributed by atoms with Crippen molar-refractivity contribution < 1.29 is 46.6 Å². The monoisotopic (exact) mass is 1040 g/mol. The lowest BCUT2D eigenvalue weighted by molar-refractivity contribution is -0.144. The number of likely N-dealkylation sites (N-methyl/N-ethyl adjacent to an activating group) is 1. The molecule has 19 heteroatoms. The Morgan fingerprint density at radius 2 is 1.60 bits per heavy atom. The highest BCUT2D eigenvalue weighted by Crippen LogP contribution is 2.44. The number of carbonyl (C=O) groups excluding carboxylic acids is 5. The van der Waals surface area contributed by atoms with Crippen molar-refractivity contribution in [2.24, 2.45) is 5.92 Å². The van der Waals surface area contributed by atoms with Gasteiger partial charge in [0.25, 0.3) is 5.91 Å². The molecule has 5 aliphatic heterocycles. The molecule has 0 spiro atoms. The van der Waals surface area contributed by atoms with E-state index in [1.807, 2.05) is 18.2 Å². The summed E-state index contributed by atoms with van der Waals surface area (Å²) in [5.41, 5.74) is 2.10. The molecule has 3 fully saturated rings. The number of carbonyl (C=O) groups is 5. The molecule has 16 nitrogen and oxygen atoms in total. The minimum Gasteiger partial charge on any atom is -0.381 e. The molecular formula is C56H68F3N9O7. The summed E-state index contributed by atoms with van der Waals surface area (Å²) in [6.07, 6.45) is 1.38. The SMILES string of the molecule is CNC(C)C(=O)NC(C(=O)N1Cc2ccc(NC(=O)[C@]3(C)CN(C(=O)CN4C[C@@H](C)NC[C@@H]4CN4CCOC[C@H]4C)c4cc(Cc5ccc(F)cc5)ccc43)cc2[C@H]1C(=O)Nc1c(F)cccc1F)C1CCOCC1. The Bertz CT molecular complexity index is 2760. The minimum absolute atomic E-state index is 0.0117. The van der Waals surface area contributed by atoms with Crippen LogP contribution < -0.4 is 31.5 Å². The first-order valence-electron chi connectivity index (χ1n) is 26.0. The molecule has 2 unspecified atom stereocenters. The summed E-state index contributed by atoms with van der Waals surface area (Å²) in [5.74, 6) is -5.22. The number of hydrogen-bond acceptors (Lipinski definition) is 11. The van der Waals surface area contributed by atoms with Crippen LogP contribution in [0.2, 0.25) is 0 Å². The molecule has 9 rings (SSSR count). The molecule has 0 radical (unpaired) electrons. The number of halogens is 3. The Morgan fingerprint density at radius 1 is 0.867 bits per heavy atom. The first-order chi connectivity index (χ1) is 36.0. The van der Waals surface area contributed by atoms with Crippen molar-refractivity contribution in [2.45, 2.75) is 95.2 Å². The van der Waals surface area contributed by atoms with Crippen LogP contribution in [0.25, 0.3) is 0 Å². The van der Waals surface area contributed by atoms with Gasteiger partial charge >= 0.3 is 0 Å². The van der Waals surface area contributed by atoms with Crippen molar-refractivity contribution in [3.63, 3.8) is 0 Å². The molecular weight excluding hydrogens is 968 g/mol. The number of amides is 5. The maximum Gasteiger partial charge on any atom is 0.252 e. The van der Waals surface area contributed by atoms with Crippen LogP contribution >= 0.6 is 0 Å². The van der Waals surface area contributed by atoms with Gasteiger partial charge in [0.05, 0.1) is 31.2 Å². The number of nitrogens with zero attached hydrogens (tertiary/aromatic N) is 4. The van der Waals surface area contributed by atoms with Crippen LogP contribution in [-0.4, -0.2) is 147 Å². The molecule has 5 heterocycles. The molecule has 75 heavy (non-hydrogen) atoms. The number of para-hydroxylation sites is 1. The third-order valence-electron chi connectivity index (χ3n) is 15.8. The van der Waals surface area contributed by atoms with E-state index in [-0.39, 0.29) is 61.1 Å². The van der Waals surface area contributed by atoms with E-state index in [0.717, 1.165) is 36.3 Å². The van der Waals surface area contributed by atoms with Crippen molar-refractivity contribution >= 4 is 46.6 Å². The van der Waals surface area contributed by atoms with Gasteiger partial charge < -0.3 is 45.9 Å². The zero-order valence-electron chi connectivity index (χ0n) is 43.2. The Kier molecular flexibility index (Phi) is 16.4. The highest BCUT2D eigenvalue weighted by molar-refractivity contribution is 6.07. The van der Waals surface area contributed by atoms with Crippen molar-refractivity contribution in [1.29, 1.82) is 0 Å². The quantitative estimate of drug-likeness (QED) is 0.110. The number of nitrogens with one attached hydrogen (secondary N) is 5. The van der Waals surface area contributed by atoms with Gasteiger partial charge in [-0.05, 0) is 130 Å². The fourth-order valence-corrected chi connectivity index (χ4v) is 11.2. The van der Waals surface area contributed by atoms with Crippen LogP contribution in [0.3, 0.4) is 0 Å². The maximum atomic E-state index is 15.1. The second-order valence-corrected chi connectivity index (χ2v) is 21.0. The topological polar surface area (TPSA) is 177 Å². The summed E-state index contributed by atoms with van der Waals surface area (Å²) < 4.78 is 55.5. The van der Waals surface area contributed by atoms with Gasteiger partial charge in [-0.15, -0.1) is 0 Å². The predicted octanol–water partition coefficient (Wildman–Crippen LogP) is 4.86. The third-order valence-corrected chi connectivity index (χ3v) is 15.8. The summed E-state index contributed by atoms with van der Waals surface area (Å²) in [6.45, 7) is 12.7. The molecule has 4 aromatic carbocycles. The second-order valence-electron chi connectivity index (χ2n) is 21.0. The number of fused-ring (bicyclic) bond motifs is 2. The highest BCUT2D eigenvalue weighted by Gasteiger charge is 2.49. The molecule has 7 atom stereocenters. The highest BCUT2D eigenvalue weighted by atomic mass is 19.1. The summed E-state index contributed by atoms with van der Waals surface area (Å²) in [5, 5.41) is 14.9. The summed E-state index contributed by atoms with van der Waals surface area (Å²) in [7, 11) is 1.62. The number of ether oxygens (including phenoxy) is 2. The van der Waals surface area contributed by atoms with Crippen LogP contribution in [0, 0.1) is 23.4 Å². The molecule has 400 valence electrons. The lowest BCUT2D eigenvalue weighted by atomic mass is 9.82. The number of piperazine rings is 1. The second kappa shape index (κ2) is 22.9. The van der Waals surface area contributed by atoms with Gasteiger partial charge in [-0.2, -0.15) is 0 Å². The number of benzene rings is 4. The van der Waals surface area contributed by atoms with Crippen molar-refractivity contribution in [3.8, 4) is 0 Å². The Morgan fingerprint density at radius 3 is 2.32 bits per heavy atom. The van der Waals surface area contributed by atoms with Gasteiger partial charge in [0, 0.05) is 82.0 Å². The molecule has 5 aliphatic rings. The normalized spacial score (nSPS) is 24.0. The Labute approximate surface area is 436 Å².